The lowest BCUT2D eigenvalue weighted by Crippen LogP contribution is -2.20. The molecule has 0 saturated heterocycles. The molecule has 0 spiro atoms. The van der Waals surface area contributed by atoms with Gasteiger partial charge in [-0.2, -0.15) is 0 Å². The first kappa shape index (κ1) is 17.4. The van der Waals surface area contributed by atoms with Crippen molar-refractivity contribution in [2.75, 3.05) is 11.9 Å². The summed E-state index contributed by atoms with van der Waals surface area (Å²) in [6.45, 7) is 1.73. The fourth-order valence-electron chi connectivity index (χ4n) is 2.15. The van der Waals surface area contributed by atoms with Gasteiger partial charge in [0.25, 0.3) is 5.91 Å². The van der Waals surface area contributed by atoms with Crippen molar-refractivity contribution in [2.45, 2.75) is 6.92 Å². The Morgan fingerprint density at radius 3 is 2.68 bits per heavy atom. The molecule has 0 atom stereocenters. The van der Waals surface area contributed by atoms with E-state index < -0.39 is 5.82 Å². The van der Waals surface area contributed by atoms with Gasteiger partial charge in [0.05, 0.1) is 15.7 Å². The zero-order valence-electron chi connectivity index (χ0n) is 13.3. The number of rotatable bonds is 5. The van der Waals surface area contributed by atoms with E-state index in [0.717, 1.165) is 22.3 Å². The van der Waals surface area contributed by atoms with E-state index in [1.807, 2.05) is 24.4 Å². The number of benzene rings is 2. The molecule has 1 N–H and O–H groups in total. The maximum Gasteiger partial charge on any atom is 0.262 e. The number of anilines is 1. The van der Waals surface area contributed by atoms with E-state index in [9.17, 15) is 9.18 Å². The van der Waals surface area contributed by atoms with Crippen molar-refractivity contribution in [3.63, 3.8) is 0 Å². The minimum absolute atomic E-state index is 0.121. The summed E-state index contributed by atoms with van der Waals surface area (Å²) in [6, 6.07) is 11.1. The molecule has 0 fully saturated rings. The van der Waals surface area contributed by atoms with E-state index in [4.69, 9.17) is 16.3 Å². The molecule has 0 radical (unpaired) electrons. The summed E-state index contributed by atoms with van der Waals surface area (Å²) < 4.78 is 18.3. The van der Waals surface area contributed by atoms with Crippen LogP contribution < -0.4 is 10.1 Å². The maximum atomic E-state index is 13.0. The normalized spacial score (nSPS) is 10.5. The van der Waals surface area contributed by atoms with Crippen LogP contribution >= 0.6 is 22.9 Å². The van der Waals surface area contributed by atoms with Crippen LogP contribution in [0.25, 0.3) is 11.3 Å². The Bertz CT molecular complexity index is 896. The molecular formula is C18H14ClFN2O2S. The van der Waals surface area contributed by atoms with Crippen LogP contribution in [0.2, 0.25) is 5.02 Å². The number of ether oxygens (including phenoxy) is 1. The van der Waals surface area contributed by atoms with Crippen molar-refractivity contribution in [3.05, 3.63) is 63.7 Å². The van der Waals surface area contributed by atoms with Crippen LogP contribution in [0.5, 0.6) is 5.75 Å². The zero-order chi connectivity index (χ0) is 17.8. The topological polar surface area (TPSA) is 51.2 Å². The summed E-state index contributed by atoms with van der Waals surface area (Å²) in [6.07, 6.45) is 0. The number of carbonyl (C=O) groups excluding carboxylic acids is 1. The standard InChI is InChI=1S/C18H14ClFN2O2S/c1-11-21-16(10-25-11)12-2-5-14(6-3-12)22-18(23)9-24-17-7-4-13(20)8-15(17)19/h2-8,10H,9H2,1H3,(H,22,23). The van der Waals surface area contributed by atoms with Crippen LogP contribution in [0.4, 0.5) is 10.1 Å². The third-order valence-electron chi connectivity index (χ3n) is 3.34. The van der Waals surface area contributed by atoms with E-state index in [1.54, 1.807) is 23.5 Å². The van der Waals surface area contributed by atoms with Gasteiger partial charge in [-0.05, 0) is 37.3 Å². The minimum atomic E-state index is -0.461. The number of hydrogen-bond acceptors (Lipinski definition) is 4. The van der Waals surface area contributed by atoms with Gasteiger partial charge in [0.2, 0.25) is 0 Å². The lowest BCUT2D eigenvalue weighted by molar-refractivity contribution is -0.118. The average molecular weight is 377 g/mol. The van der Waals surface area contributed by atoms with Gasteiger partial charge in [-0.1, -0.05) is 23.7 Å². The highest BCUT2D eigenvalue weighted by molar-refractivity contribution is 7.09. The Balaban J connectivity index is 1.57. The number of amides is 1. The molecule has 2 aromatic carbocycles. The molecule has 7 heteroatoms. The first-order valence-electron chi connectivity index (χ1n) is 7.41. The van der Waals surface area contributed by atoms with Crippen molar-refractivity contribution in [1.82, 2.24) is 4.98 Å². The molecule has 0 saturated carbocycles. The smallest absolute Gasteiger partial charge is 0.262 e. The summed E-state index contributed by atoms with van der Waals surface area (Å²) in [5.41, 5.74) is 2.54. The fourth-order valence-corrected chi connectivity index (χ4v) is 3.00. The van der Waals surface area contributed by atoms with Gasteiger partial charge in [-0.25, -0.2) is 9.37 Å². The third kappa shape index (κ3) is 4.55. The second-order valence-electron chi connectivity index (χ2n) is 5.24. The quantitative estimate of drug-likeness (QED) is 0.687. The molecule has 0 unspecified atom stereocenters. The molecular weight excluding hydrogens is 363 g/mol. The van der Waals surface area contributed by atoms with Gasteiger partial charge in [-0.15, -0.1) is 11.3 Å². The molecule has 0 aliphatic rings. The number of nitrogens with one attached hydrogen (secondary N) is 1. The van der Waals surface area contributed by atoms with E-state index in [-0.39, 0.29) is 23.3 Å². The SMILES string of the molecule is Cc1nc(-c2ccc(NC(=O)COc3ccc(F)cc3Cl)cc2)cs1. The molecule has 0 bridgehead atoms. The summed E-state index contributed by atoms with van der Waals surface area (Å²) in [7, 11) is 0. The first-order valence-corrected chi connectivity index (χ1v) is 8.67. The Morgan fingerprint density at radius 1 is 1.28 bits per heavy atom. The zero-order valence-corrected chi connectivity index (χ0v) is 14.8. The molecule has 1 heterocycles. The highest BCUT2D eigenvalue weighted by Gasteiger charge is 2.08. The highest BCUT2D eigenvalue weighted by atomic mass is 35.5. The molecule has 0 aliphatic heterocycles. The molecule has 1 aromatic heterocycles. The Morgan fingerprint density at radius 2 is 2.04 bits per heavy atom. The highest BCUT2D eigenvalue weighted by Crippen LogP contribution is 2.25. The van der Waals surface area contributed by atoms with Crippen LogP contribution in [0, 0.1) is 12.7 Å². The van der Waals surface area contributed by atoms with E-state index in [1.165, 1.54) is 12.1 Å². The number of aromatic nitrogens is 1. The van der Waals surface area contributed by atoms with Crippen LogP contribution in [-0.4, -0.2) is 17.5 Å². The fraction of sp³-hybridized carbons (Fsp3) is 0.111. The largest absolute Gasteiger partial charge is 0.482 e. The number of thiazole rings is 1. The summed E-state index contributed by atoms with van der Waals surface area (Å²) >= 11 is 7.44. The van der Waals surface area contributed by atoms with Gasteiger partial charge >= 0.3 is 0 Å². The van der Waals surface area contributed by atoms with Crippen molar-refractivity contribution in [1.29, 1.82) is 0 Å². The lowest BCUT2D eigenvalue weighted by Gasteiger charge is -2.09. The predicted molar refractivity (Wildman–Crippen MR) is 97.8 cm³/mol. The molecule has 3 rings (SSSR count). The predicted octanol–water partition coefficient (Wildman–Crippen LogP) is 4.93. The van der Waals surface area contributed by atoms with Crippen LogP contribution in [-0.2, 0) is 4.79 Å². The van der Waals surface area contributed by atoms with Crippen LogP contribution in [0.3, 0.4) is 0 Å². The minimum Gasteiger partial charge on any atom is -0.482 e. The van der Waals surface area contributed by atoms with Crippen molar-refractivity contribution in [3.8, 4) is 17.0 Å². The monoisotopic (exact) mass is 376 g/mol. The number of hydrogen-bond donors (Lipinski definition) is 1. The van der Waals surface area contributed by atoms with Gasteiger partial charge < -0.3 is 10.1 Å². The summed E-state index contributed by atoms with van der Waals surface area (Å²) in [5, 5.41) is 5.84. The van der Waals surface area contributed by atoms with E-state index >= 15 is 0 Å². The molecule has 1 amide bonds. The summed E-state index contributed by atoms with van der Waals surface area (Å²) in [5.74, 6) is -0.540. The van der Waals surface area contributed by atoms with Crippen molar-refractivity contribution < 1.29 is 13.9 Å². The summed E-state index contributed by atoms with van der Waals surface area (Å²) in [4.78, 5) is 16.4. The Labute approximate surface area is 153 Å². The van der Waals surface area contributed by atoms with E-state index in [0.29, 0.717) is 5.69 Å². The van der Waals surface area contributed by atoms with Crippen LogP contribution in [0.1, 0.15) is 5.01 Å². The molecule has 25 heavy (non-hydrogen) atoms. The van der Waals surface area contributed by atoms with Crippen molar-refractivity contribution >= 4 is 34.5 Å². The Hall–Kier alpha value is -2.44. The number of nitrogens with zero attached hydrogens (tertiary/aromatic N) is 1. The number of halogens is 2. The Kier molecular flexibility index (Phi) is 5.31. The first-order chi connectivity index (χ1) is 12.0. The van der Waals surface area contributed by atoms with Gasteiger partial charge in [-0.3, -0.25) is 4.79 Å². The molecule has 128 valence electrons. The second kappa shape index (κ2) is 7.63. The molecule has 4 nitrogen and oxygen atoms in total. The molecule has 3 aromatic rings. The van der Waals surface area contributed by atoms with E-state index in [2.05, 4.69) is 10.3 Å². The maximum absolute atomic E-state index is 13.0. The molecule has 0 aliphatic carbocycles. The second-order valence-corrected chi connectivity index (χ2v) is 6.71. The number of carbonyl (C=O) groups is 1. The average Bonchev–Trinajstić information content (AvgIpc) is 3.01. The van der Waals surface area contributed by atoms with Crippen LogP contribution in [0.15, 0.2) is 47.8 Å². The third-order valence-corrected chi connectivity index (χ3v) is 4.41. The van der Waals surface area contributed by atoms with Gasteiger partial charge in [0.1, 0.15) is 11.6 Å². The van der Waals surface area contributed by atoms with Crippen molar-refractivity contribution in [2.24, 2.45) is 0 Å². The van der Waals surface area contributed by atoms with Gasteiger partial charge in [0, 0.05) is 16.6 Å². The number of aryl methyl sites for hydroxylation is 1. The van der Waals surface area contributed by atoms with Gasteiger partial charge in [0.15, 0.2) is 6.61 Å². The lowest BCUT2D eigenvalue weighted by atomic mass is 10.1.